The van der Waals surface area contributed by atoms with Gasteiger partial charge in [0, 0.05) is 16.9 Å². The van der Waals surface area contributed by atoms with Crippen molar-refractivity contribution < 1.29 is 4.79 Å². The second-order valence-corrected chi connectivity index (χ2v) is 6.12. The molecule has 0 radical (unpaired) electrons. The second-order valence-electron chi connectivity index (χ2n) is 4.55. The third kappa shape index (κ3) is 3.28. The van der Waals surface area contributed by atoms with E-state index in [4.69, 9.17) is 11.6 Å². The molecule has 1 aromatic heterocycles. The molecule has 1 aliphatic heterocycles. The van der Waals surface area contributed by atoms with E-state index >= 15 is 0 Å². The zero-order valence-electron chi connectivity index (χ0n) is 11.2. The van der Waals surface area contributed by atoms with Gasteiger partial charge in [0.25, 0.3) is 5.91 Å². The highest BCUT2D eigenvalue weighted by atomic mass is 35.5. The van der Waals surface area contributed by atoms with Crippen molar-refractivity contribution in [3.63, 3.8) is 0 Å². The number of hydrogen-bond donors (Lipinski definition) is 0. The van der Waals surface area contributed by atoms with Crippen molar-refractivity contribution in [3.05, 3.63) is 69.9 Å². The summed E-state index contributed by atoms with van der Waals surface area (Å²) in [5, 5.41) is 4.71. The molecule has 106 valence electrons. The fourth-order valence-corrected chi connectivity index (χ4v) is 3.11. The molecule has 0 aliphatic carbocycles. The van der Waals surface area contributed by atoms with Crippen LogP contribution in [0.3, 0.4) is 0 Å². The van der Waals surface area contributed by atoms with Crippen LogP contribution in [0, 0.1) is 0 Å². The highest BCUT2D eigenvalue weighted by molar-refractivity contribution is 8.03. The van der Waals surface area contributed by atoms with E-state index in [1.165, 1.54) is 9.59 Å². The Kier molecular flexibility index (Phi) is 4.27. The quantitative estimate of drug-likeness (QED) is 0.848. The summed E-state index contributed by atoms with van der Waals surface area (Å²) in [5.41, 5.74) is 1.20. The van der Waals surface area contributed by atoms with Gasteiger partial charge in [-0.1, -0.05) is 29.8 Å². The minimum absolute atomic E-state index is 0.227. The number of nitrogens with zero attached hydrogens (tertiary/aromatic N) is 2. The van der Waals surface area contributed by atoms with Crippen LogP contribution in [-0.2, 0) is 0 Å². The van der Waals surface area contributed by atoms with Gasteiger partial charge < -0.3 is 0 Å². The van der Waals surface area contributed by atoms with Crippen LogP contribution >= 0.6 is 23.4 Å². The molecule has 0 bridgehead atoms. The molecular weight excluding hydrogens is 304 g/mol. The fourth-order valence-electron chi connectivity index (χ4n) is 2.02. The van der Waals surface area contributed by atoms with Gasteiger partial charge in [0.05, 0.1) is 16.3 Å². The average molecular weight is 317 g/mol. The molecule has 0 unspecified atom stereocenters. The molecular formula is C16H13ClN2OS. The van der Waals surface area contributed by atoms with Crippen LogP contribution in [0.1, 0.15) is 22.5 Å². The van der Waals surface area contributed by atoms with E-state index in [2.05, 4.69) is 11.2 Å². The minimum Gasteiger partial charge on any atom is -0.267 e. The predicted molar refractivity (Wildman–Crippen MR) is 87.6 cm³/mol. The van der Waals surface area contributed by atoms with Gasteiger partial charge >= 0.3 is 0 Å². The molecule has 3 nitrogen and oxygen atoms in total. The monoisotopic (exact) mass is 316 g/mol. The third-order valence-corrected chi connectivity index (χ3v) is 4.48. The first-order valence-electron chi connectivity index (χ1n) is 6.60. The Labute approximate surface area is 132 Å². The number of aromatic nitrogens is 2. The van der Waals surface area contributed by atoms with Crippen LogP contribution in [0.4, 0.5) is 0 Å². The van der Waals surface area contributed by atoms with Crippen LogP contribution in [0.5, 0.6) is 0 Å². The molecule has 0 amide bonds. The van der Waals surface area contributed by atoms with Gasteiger partial charge in [-0.05, 0) is 36.8 Å². The molecule has 1 aromatic carbocycles. The highest BCUT2D eigenvalue weighted by Crippen LogP contribution is 2.26. The number of carbonyl (C=O) groups is 1. The topological polar surface area (TPSA) is 34.9 Å². The number of hydrogen-bond acceptors (Lipinski definition) is 3. The Morgan fingerprint density at radius 3 is 2.90 bits per heavy atom. The van der Waals surface area contributed by atoms with Gasteiger partial charge in [-0.25, -0.2) is 4.68 Å². The van der Waals surface area contributed by atoms with Gasteiger partial charge in [0.1, 0.15) is 0 Å². The first-order valence-corrected chi connectivity index (χ1v) is 7.96. The maximum atomic E-state index is 12.3. The van der Waals surface area contributed by atoms with E-state index in [0.29, 0.717) is 10.6 Å². The molecule has 3 rings (SSSR count). The van der Waals surface area contributed by atoms with E-state index in [1.807, 2.05) is 30.0 Å². The van der Waals surface area contributed by atoms with E-state index in [-0.39, 0.29) is 5.91 Å². The first-order chi connectivity index (χ1) is 10.2. The Morgan fingerprint density at radius 1 is 1.29 bits per heavy atom. The SMILES string of the molecule is O=C(c1ccccc1Cl)n1ccc(/C=C/C2=CCCS2)n1. The Balaban J connectivity index is 1.78. The van der Waals surface area contributed by atoms with Crippen molar-refractivity contribution in [2.24, 2.45) is 0 Å². The largest absolute Gasteiger partial charge is 0.279 e. The second kappa shape index (κ2) is 6.33. The van der Waals surface area contributed by atoms with Crippen LogP contribution in [-0.4, -0.2) is 21.4 Å². The summed E-state index contributed by atoms with van der Waals surface area (Å²) in [6, 6.07) is 8.78. The summed E-state index contributed by atoms with van der Waals surface area (Å²) < 4.78 is 1.32. The van der Waals surface area contributed by atoms with Crippen molar-refractivity contribution in [1.82, 2.24) is 9.78 Å². The van der Waals surface area contributed by atoms with Crippen LogP contribution < -0.4 is 0 Å². The lowest BCUT2D eigenvalue weighted by Gasteiger charge is -2.02. The van der Waals surface area contributed by atoms with E-state index < -0.39 is 0 Å². The summed E-state index contributed by atoms with van der Waals surface area (Å²) in [4.78, 5) is 13.6. The molecule has 21 heavy (non-hydrogen) atoms. The number of allylic oxidation sites excluding steroid dienone is 2. The fraction of sp³-hybridized carbons (Fsp3) is 0.125. The van der Waals surface area contributed by atoms with Crippen molar-refractivity contribution >= 4 is 35.3 Å². The van der Waals surface area contributed by atoms with Crippen molar-refractivity contribution in [3.8, 4) is 0 Å². The molecule has 0 spiro atoms. The van der Waals surface area contributed by atoms with Gasteiger partial charge in [-0.3, -0.25) is 4.79 Å². The predicted octanol–water partition coefficient (Wildman–Crippen LogP) is 4.26. The summed E-state index contributed by atoms with van der Waals surface area (Å²) in [7, 11) is 0. The number of carbonyl (C=O) groups excluding carboxylic acids is 1. The lowest BCUT2D eigenvalue weighted by atomic mass is 10.2. The Hall–Kier alpha value is -1.78. The zero-order chi connectivity index (χ0) is 14.7. The highest BCUT2D eigenvalue weighted by Gasteiger charge is 2.12. The molecule has 0 N–H and O–H groups in total. The van der Waals surface area contributed by atoms with Crippen molar-refractivity contribution in [2.45, 2.75) is 6.42 Å². The molecule has 0 fully saturated rings. The van der Waals surface area contributed by atoms with Gasteiger partial charge in [0.15, 0.2) is 0 Å². The maximum absolute atomic E-state index is 12.3. The molecule has 2 aromatic rings. The van der Waals surface area contributed by atoms with Crippen LogP contribution in [0.2, 0.25) is 5.02 Å². The van der Waals surface area contributed by atoms with Crippen molar-refractivity contribution in [2.75, 3.05) is 5.75 Å². The van der Waals surface area contributed by atoms with E-state index in [9.17, 15) is 4.79 Å². The Bertz CT molecular complexity index is 733. The first kappa shape index (κ1) is 14.2. The smallest absolute Gasteiger partial charge is 0.267 e. The van der Waals surface area contributed by atoms with E-state index in [0.717, 1.165) is 17.9 Å². The van der Waals surface area contributed by atoms with Crippen molar-refractivity contribution in [1.29, 1.82) is 0 Å². The maximum Gasteiger partial charge on any atom is 0.279 e. The molecule has 0 atom stereocenters. The van der Waals surface area contributed by atoms with Crippen LogP contribution in [0.15, 0.2) is 53.6 Å². The summed E-state index contributed by atoms with van der Waals surface area (Å²) >= 11 is 7.87. The average Bonchev–Trinajstić information content (AvgIpc) is 3.16. The number of benzene rings is 1. The summed E-state index contributed by atoms with van der Waals surface area (Å²) in [5.74, 6) is 0.911. The molecule has 0 saturated heterocycles. The van der Waals surface area contributed by atoms with Crippen LogP contribution in [0.25, 0.3) is 6.08 Å². The minimum atomic E-state index is -0.227. The lowest BCUT2D eigenvalue weighted by molar-refractivity contribution is 0.0945. The van der Waals surface area contributed by atoms with Gasteiger partial charge in [-0.15, -0.1) is 11.8 Å². The number of thioether (sulfide) groups is 1. The molecule has 1 aliphatic rings. The molecule has 2 heterocycles. The standard InChI is InChI=1S/C16H13ClN2OS/c17-15-6-2-1-5-14(15)16(20)19-10-9-12(18-19)7-8-13-4-3-11-21-13/h1-2,4-10H,3,11H2/b8-7+. The van der Waals surface area contributed by atoms with Gasteiger partial charge in [-0.2, -0.15) is 5.10 Å². The summed E-state index contributed by atoms with van der Waals surface area (Å²) in [6.45, 7) is 0. The van der Waals surface area contributed by atoms with E-state index in [1.54, 1.807) is 30.5 Å². The number of rotatable bonds is 3. The third-order valence-electron chi connectivity index (χ3n) is 3.07. The summed E-state index contributed by atoms with van der Waals surface area (Å²) in [6.07, 6.45) is 8.92. The van der Waals surface area contributed by atoms with Gasteiger partial charge in [0.2, 0.25) is 0 Å². The Morgan fingerprint density at radius 2 is 2.14 bits per heavy atom. The normalized spacial score (nSPS) is 14.6. The zero-order valence-corrected chi connectivity index (χ0v) is 12.8. The molecule has 5 heteroatoms. The number of halogens is 1. The lowest BCUT2D eigenvalue weighted by Crippen LogP contribution is -2.13. The molecule has 0 saturated carbocycles.